The first-order valence-electron chi connectivity index (χ1n) is 9.01. The zero-order valence-corrected chi connectivity index (χ0v) is 15.0. The van der Waals surface area contributed by atoms with Gasteiger partial charge in [-0.1, -0.05) is 101 Å². The van der Waals surface area contributed by atoms with Crippen LogP contribution in [0.4, 0.5) is 0 Å². The van der Waals surface area contributed by atoms with Crippen LogP contribution in [-0.4, -0.2) is 5.75 Å². The fourth-order valence-corrected chi connectivity index (χ4v) is 3.71. The monoisotopic (exact) mass is 316 g/mol. The lowest BCUT2D eigenvalue weighted by molar-refractivity contribution is 0.563. The quantitative estimate of drug-likeness (QED) is 0.278. The van der Waals surface area contributed by atoms with E-state index in [1.165, 1.54) is 75.5 Å². The highest BCUT2D eigenvalue weighted by atomic mass is 32.2. The van der Waals surface area contributed by atoms with E-state index in [9.17, 15) is 0 Å². The van der Waals surface area contributed by atoms with Crippen LogP contribution in [0.3, 0.4) is 0 Å². The third kappa shape index (κ3) is 9.21. The summed E-state index contributed by atoms with van der Waals surface area (Å²) < 4.78 is 0. The molecule has 0 amide bonds. The van der Waals surface area contributed by atoms with Crippen molar-refractivity contribution in [2.24, 2.45) is 0 Å². The molecule has 0 saturated heterocycles. The molecule has 1 unspecified atom stereocenters. The van der Waals surface area contributed by atoms with Crippen LogP contribution in [0.5, 0.6) is 0 Å². The van der Waals surface area contributed by atoms with Crippen molar-refractivity contribution in [2.75, 3.05) is 5.75 Å². The van der Waals surface area contributed by atoms with Gasteiger partial charge in [0.25, 0.3) is 0 Å². The highest BCUT2D eigenvalue weighted by Crippen LogP contribution is 2.28. The largest absolute Gasteiger partial charge is 0.141 e. The van der Waals surface area contributed by atoms with Gasteiger partial charge in [0, 0.05) is 0 Å². The van der Waals surface area contributed by atoms with Crippen molar-refractivity contribution in [3.8, 4) is 12.3 Å². The van der Waals surface area contributed by atoms with Gasteiger partial charge in [-0.05, 0) is 17.7 Å². The molecule has 0 bridgehead atoms. The molecule has 0 nitrogen and oxygen atoms in total. The molecule has 1 aromatic carbocycles. The summed E-state index contributed by atoms with van der Waals surface area (Å²) in [5.41, 5.74) is 1.27. The van der Waals surface area contributed by atoms with Crippen LogP contribution in [-0.2, 0) is 0 Å². The topological polar surface area (TPSA) is 0 Å². The molecule has 0 aromatic heterocycles. The summed E-state index contributed by atoms with van der Waals surface area (Å²) in [6.07, 6.45) is 19.6. The molecule has 0 saturated carbocycles. The second kappa shape index (κ2) is 13.8. The summed E-state index contributed by atoms with van der Waals surface area (Å²) in [5, 5.41) is 0.222. The van der Waals surface area contributed by atoms with Crippen LogP contribution >= 0.6 is 11.8 Å². The summed E-state index contributed by atoms with van der Waals surface area (Å²) >= 11 is 1.92. The molecule has 0 aliphatic carbocycles. The SMILES string of the molecule is C#CC(SCCCCCCCCCCCC)c1ccccc1. The first-order chi connectivity index (χ1) is 10.9. The Labute approximate surface area is 142 Å². The van der Waals surface area contributed by atoms with E-state index in [0.717, 1.165) is 0 Å². The average molecular weight is 317 g/mol. The fraction of sp³-hybridized carbons (Fsp3) is 0.619. The molecule has 0 fully saturated rings. The number of terminal acetylenes is 1. The van der Waals surface area contributed by atoms with Gasteiger partial charge in [-0.3, -0.25) is 0 Å². The van der Waals surface area contributed by atoms with Crippen molar-refractivity contribution < 1.29 is 0 Å². The van der Waals surface area contributed by atoms with Crippen molar-refractivity contribution in [2.45, 2.75) is 76.4 Å². The number of thioether (sulfide) groups is 1. The Bertz CT molecular complexity index is 390. The van der Waals surface area contributed by atoms with E-state index in [1.807, 2.05) is 17.8 Å². The van der Waals surface area contributed by atoms with Crippen molar-refractivity contribution in [1.82, 2.24) is 0 Å². The van der Waals surface area contributed by atoms with Crippen LogP contribution in [0, 0.1) is 12.3 Å². The highest BCUT2D eigenvalue weighted by molar-refractivity contribution is 7.99. The standard InChI is InChI=1S/C21H32S/c1-3-5-6-7-8-9-10-11-12-16-19-22-21(4-2)20-17-14-13-15-18-20/h2,13-15,17-18,21H,3,5-12,16,19H2,1H3. The van der Waals surface area contributed by atoms with E-state index in [0.29, 0.717) is 0 Å². The molecule has 1 aromatic rings. The number of benzene rings is 1. The first kappa shape index (κ1) is 19.2. The van der Waals surface area contributed by atoms with Crippen LogP contribution < -0.4 is 0 Å². The van der Waals surface area contributed by atoms with Crippen molar-refractivity contribution >= 4 is 11.8 Å². The molecular weight excluding hydrogens is 284 g/mol. The molecule has 0 heterocycles. The summed E-state index contributed by atoms with van der Waals surface area (Å²) in [7, 11) is 0. The van der Waals surface area contributed by atoms with Crippen LogP contribution in [0.25, 0.3) is 0 Å². The Morgan fingerprint density at radius 2 is 1.41 bits per heavy atom. The van der Waals surface area contributed by atoms with E-state index in [2.05, 4.69) is 37.1 Å². The Morgan fingerprint density at radius 3 is 1.95 bits per heavy atom. The van der Waals surface area contributed by atoms with Crippen LogP contribution in [0.2, 0.25) is 0 Å². The minimum absolute atomic E-state index is 0.222. The second-order valence-corrected chi connectivity index (χ2v) is 7.22. The number of unbranched alkanes of at least 4 members (excludes halogenated alkanes) is 9. The number of hydrogen-bond acceptors (Lipinski definition) is 1. The molecule has 122 valence electrons. The van der Waals surface area contributed by atoms with Crippen molar-refractivity contribution in [3.63, 3.8) is 0 Å². The molecule has 1 rings (SSSR count). The van der Waals surface area contributed by atoms with E-state index in [1.54, 1.807) is 0 Å². The Kier molecular flexibility index (Phi) is 12.0. The Morgan fingerprint density at radius 1 is 0.864 bits per heavy atom. The van der Waals surface area contributed by atoms with Crippen LogP contribution in [0.15, 0.2) is 30.3 Å². The van der Waals surface area contributed by atoms with Crippen molar-refractivity contribution in [3.05, 3.63) is 35.9 Å². The van der Waals surface area contributed by atoms with E-state index >= 15 is 0 Å². The van der Waals surface area contributed by atoms with Gasteiger partial charge in [0.15, 0.2) is 0 Å². The fourth-order valence-electron chi connectivity index (χ4n) is 2.66. The lowest BCUT2D eigenvalue weighted by Crippen LogP contribution is -1.92. The van der Waals surface area contributed by atoms with Gasteiger partial charge in [-0.15, -0.1) is 18.2 Å². The predicted octanol–water partition coefficient (Wildman–Crippen LogP) is 7.02. The molecule has 0 spiro atoms. The Balaban J connectivity index is 1.96. The first-order valence-corrected chi connectivity index (χ1v) is 10.1. The van der Waals surface area contributed by atoms with Gasteiger partial charge in [0.1, 0.15) is 0 Å². The maximum atomic E-state index is 5.66. The summed E-state index contributed by atoms with van der Waals surface area (Å²) in [6.45, 7) is 2.28. The molecular formula is C21H32S. The highest BCUT2D eigenvalue weighted by Gasteiger charge is 2.07. The lowest BCUT2D eigenvalue weighted by atomic mass is 10.1. The molecule has 0 aliphatic rings. The minimum atomic E-state index is 0.222. The average Bonchev–Trinajstić information content (AvgIpc) is 2.57. The normalized spacial score (nSPS) is 12.0. The van der Waals surface area contributed by atoms with E-state index in [-0.39, 0.29) is 5.25 Å². The molecule has 0 aliphatic heterocycles. The molecule has 0 N–H and O–H groups in total. The third-order valence-electron chi connectivity index (χ3n) is 4.04. The van der Waals surface area contributed by atoms with Crippen LogP contribution in [0.1, 0.15) is 81.9 Å². The Hall–Kier alpha value is -0.870. The summed E-state index contributed by atoms with van der Waals surface area (Å²) in [5.74, 6) is 4.10. The van der Waals surface area contributed by atoms with E-state index in [4.69, 9.17) is 6.42 Å². The second-order valence-electron chi connectivity index (χ2n) is 6.01. The summed E-state index contributed by atoms with van der Waals surface area (Å²) in [4.78, 5) is 0. The van der Waals surface area contributed by atoms with Gasteiger partial charge in [-0.2, -0.15) is 0 Å². The number of hydrogen-bond donors (Lipinski definition) is 0. The van der Waals surface area contributed by atoms with Gasteiger partial charge in [0.05, 0.1) is 5.25 Å². The minimum Gasteiger partial charge on any atom is -0.141 e. The van der Waals surface area contributed by atoms with Crippen molar-refractivity contribution in [1.29, 1.82) is 0 Å². The maximum Gasteiger partial charge on any atom is 0.0903 e. The summed E-state index contributed by atoms with van der Waals surface area (Å²) in [6, 6.07) is 10.5. The van der Waals surface area contributed by atoms with Gasteiger partial charge in [-0.25, -0.2) is 0 Å². The zero-order chi connectivity index (χ0) is 15.9. The molecule has 22 heavy (non-hydrogen) atoms. The maximum absolute atomic E-state index is 5.66. The smallest absolute Gasteiger partial charge is 0.0903 e. The van der Waals surface area contributed by atoms with Gasteiger partial charge < -0.3 is 0 Å². The molecule has 0 radical (unpaired) electrons. The third-order valence-corrected chi connectivity index (χ3v) is 5.30. The molecule has 1 atom stereocenters. The number of rotatable bonds is 13. The molecule has 1 heteroatoms. The lowest BCUT2D eigenvalue weighted by Gasteiger charge is -2.10. The zero-order valence-electron chi connectivity index (χ0n) is 14.2. The van der Waals surface area contributed by atoms with Gasteiger partial charge in [0.2, 0.25) is 0 Å². The van der Waals surface area contributed by atoms with Gasteiger partial charge >= 0.3 is 0 Å². The predicted molar refractivity (Wildman–Crippen MR) is 102 cm³/mol. The van der Waals surface area contributed by atoms with E-state index < -0.39 is 0 Å².